The predicted octanol–water partition coefficient (Wildman–Crippen LogP) is 0.475. The number of nitrogens with one attached hydrogen (secondary N) is 2. The minimum atomic E-state index is 0.000843. The molecule has 0 saturated carbocycles. The van der Waals surface area contributed by atoms with Crippen LogP contribution < -0.4 is 29.2 Å². The Bertz CT molecular complexity index is 824. The van der Waals surface area contributed by atoms with E-state index in [1.54, 1.807) is 0 Å². The zero-order valence-electron chi connectivity index (χ0n) is 14.5. The molecule has 0 bridgehead atoms. The average molecular weight is 357 g/mol. The Kier molecular flexibility index (Phi) is 4.53. The van der Waals surface area contributed by atoms with Gasteiger partial charge in [-0.1, -0.05) is 6.07 Å². The first kappa shape index (κ1) is 16.5. The molecule has 1 unspecified atom stereocenters. The highest BCUT2D eigenvalue weighted by atomic mass is 16.7. The van der Waals surface area contributed by atoms with Crippen LogP contribution in [-0.4, -0.2) is 33.1 Å². The fraction of sp³-hybridized carbons (Fsp3) is 0.316. The van der Waals surface area contributed by atoms with Gasteiger partial charge in [-0.2, -0.15) is 0 Å². The van der Waals surface area contributed by atoms with E-state index in [9.17, 15) is 4.79 Å². The molecule has 26 heavy (non-hydrogen) atoms. The van der Waals surface area contributed by atoms with Crippen molar-refractivity contribution < 1.29 is 28.6 Å². The molecule has 0 fully saturated rings. The van der Waals surface area contributed by atoms with E-state index in [0.717, 1.165) is 45.6 Å². The first-order valence-electron chi connectivity index (χ1n) is 8.52. The number of amides is 1. The summed E-state index contributed by atoms with van der Waals surface area (Å²) < 4.78 is 21.3. The van der Waals surface area contributed by atoms with Crippen LogP contribution in [0.5, 0.6) is 23.0 Å². The molecule has 1 amide bonds. The predicted molar refractivity (Wildman–Crippen MR) is 92.4 cm³/mol. The molecule has 1 atom stereocenters. The molecule has 2 N–H and O–H groups in total. The van der Waals surface area contributed by atoms with Crippen LogP contribution in [0.25, 0.3) is 0 Å². The van der Waals surface area contributed by atoms with Crippen LogP contribution in [0.1, 0.15) is 11.1 Å². The second kappa shape index (κ2) is 7.13. The van der Waals surface area contributed by atoms with Crippen LogP contribution >= 0.6 is 0 Å². The Labute approximate surface area is 151 Å². The Morgan fingerprint density at radius 3 is 2.19 bits per heavy atom. The normalized spacial score (nSPS) is 15.0. The molecule has 0 spiro atoms. The summed E-state index contributed by atoms with van der Waals surface area (Å²) in [7, 11) is 1.99. The summed E-state index contributed by atoms with van der Waals surface area (Å²) in [4.78, 5) is 13.3. The van der Waals surface area contributed by atoms with Gasteiger partial charge in [0.2, 0.25) is 13.6 Å². The summed E-state index contributed by atoms with van der Waals surface area (Å²) in [6.07, 6.45) is 0. The van der Waals surface area contributed by atoms with Gasteiger partial charge in [0.15, 0.2) is 29.5 Å². The third kappa shape index (κ3) is 3.67. The second-order valence-electron chi connectivity index (χ2n) is 6.46. The quantitative estimate of drug-likeness (QED) is 0.787. The molecule has 7 heteroatoms. The molecule has 0 aromatic heterocycles. The first-order chi connectivity index (χ1) is 12.7. The lowest BCUT2D eigenvalue weighted by Gasteiger charge is -2.14. The summed E-state index contributed by atoms with van der Waals surface area (Å²) in [5.74, 6) is 3.01. The summed E-state index contributed by atoms with van der Waals surface area (Å²) in [6.45, 7) is 2.10. The molecule has 4 rings (SSSR count). The fourth-order valence-electron chi connectivity index (χ4n) is 3.05. The number of likely N-dealkylation sites (N-methyl/N-ethyl adjacent to an activating group) is 1. The van der Waals surface area contributed by atoms with Crippen molar-refractivity contribution in [2.75, 3.05) is 27.2 Å². The lowest BCUT2D eigenvalue weighted by Crippen LogP contribution is -3.08. The van der Waals surface area contributed by atoms with Crippen LogP contribution in [0.3, 0.4) is 0 Å². The van der Waals surface area contributed by atoms with Gasteiger partial charge in [0.25, 0.3) is 5.91 Å². The summed E-state index contributed by atoms with van der Waals surface area (Å²) in [5.41, 5.74) is 2.09. The SMILES string of the molecule is C[NH+](CC(=O)NCc1ccc2c(c1)OCO2)Cc1ccc2c(c1)OCO2. The molecular formula is C19H21N2O5+. The second-order valence-corrected chi connectivity index (χ2v) is 6.46. The molecule has 2 aliphatic rings. The van der Waals surface area contributed by atoms with E-state index in [2.05, 4.69) is 5.32 Å². The van der Waals surface area contributed by atoms with Gasteiger partial charge >= 0.3 is 0 Å². The van der Waals surface area contributed by atoms with E-state index in [1.165, 1.54) is 0 Å². The molecule has 2 heterocycles. The number of benzene rings is 2. The number of quaternary nitrogens is 1. The van der Waals surface area contributed by atoms with Crippen LogP contribution in [0.15, 0.2) is 36.4 Å². The third-order valence-electron chi connectivity index (χ3n) is 4.33. The number of carbonyl (C=O) groups is 1. The average Bonchev–Trinajstić information content (AvgIpc) is 3.27. The Hall–Kier alpha value is -2.93. The van der Waals surface area contributed by atoms with Gasteiger partial charge in [-0.25, -0.2) is 0 Å². The third-order valence-corrected chi connectivity index (χ3v) is 4.33. The number of carbonyl (C=O) groups excluding carboxylic acids is 1. The van der Waals surface area contributed by atoms with E-state index in [1.807, 2.05) is 43.4 Å². The minimum absolute atomic E-state index is 0.000843. The molecule has 136 valence electrons. The van der Waals surface area contributed by atoms with Crippen molar-refractivity contribution in [1.29, 1.82) is 0 Å². The van der Waals surface area contributed by atoms with Gasteiger partial charge in [-0.3, -0.25) is 4.79 Å². The maximum absolute atomic E-state index is 12.2. The lowest BCUT2D eigenvalue weighted by molar-refractivity contribution is -0.885. The lowest BCUT2D eigenvalue weighted by atomic mass is 10.2. The summed E-state index contributed by atoms with van der Waals surface area (Å²) in [6, 6.07) is 11.6. The molecule has 0 saturated heterocycles. The van der Waals surface area contributed by atoms with E-state index < -0.39 is 0 Å². The van der Waals surface area contributed by atoms with Crippen molar-refractivity contribution >= 4 is 5.91 Å². The van der Waals surface area contributed by atoms with Gasteiger partial charge < -0.3 is 29.2 Å². The number of hydrogen-bond donors (Lipinski definition) is 2. The molecular weight excluding hydrogens is 336 g/mol. The van der Waals surface area contributed by atoms with Crippen molar-refractivity contribution in [1.82, 2.24) is 5.32 Å². The molecule has 2 aromatic rings. The Morgan fingerprint density at radius 1 is 0.923 bits per heavy atom. The zero-order chi connectivity index (χ0) is 17.9. The molecule has 0 aliphatic carbocycles. The van der Waals surface area contributed by atoms with E-state index in [4.69, 9.17) is 18.9 Å². The smallest absolute Gasteiger partial charge is 0.275 e. The van der Waals surface area contributed by atoms with Gasteiger partial charge in [-0.05, 0) is 35.9 Å². The maximum Gasteiger partial charge on any atom is 0.275 e. The van der Waals surface area contributed by atoms with Crippen molar-refractivity contribution in [3.8, 4) is 23.0 Å². The van der Waals surface area contributed by atoms with Gasteiger partial charge in [0, 0.05) is 12.1 Å². The zero-order valence-corrected chi connectivity index (χ0v) is 14.5. The molecule has 2 aromatic carbocycles. The van der Waals surface area contributed by atoms with Crippen LogP contribution in [-0.2, 0) is 17.9 Å². The fourth-order valence-corrected chi connectivity index (χ4v) is 3.05. The van der Waals surface area contributed by atoms with E-state index >= 15 is 0 Å². The van der Waals surface area contributed by atoms with Crippen LogP contribution in [0.2, 0.25) is 0 Å². The van der Waals surface area contributed by atoms with Gasteiger partial charge in [0.1, 0.15) is 6.54 Å². The number of fused-ring (bicyclic) bond motifs is 2. The summed E-state index contributed by atoms with van der Waals surface area (Å²) in [5, 5.41) is 2.95. The minimum Gasteiger partial charge on any atom is -0.454 e. The summed E-state index contributed by atoms with van der Waals surface area (Å²) >= 11 is 0. The Balaban J connectivity index is 1.26. The van der Waals surface area contributed by atoms with Crippen molar-refractivity contribution in [3.63, 3.8) is 0 Å². The topological polar surface area (TPSA) is 70.5 Å². The maximum atomic E-state index is 12.2. The van der Waals surface area contributed by atoms with Crippen molar-refractivity contribution in [2.24, 2.45) is 0 Å². The molecule has 7 nitrogen and oxygen atoms in total. The molecule has 2 aliphatic heterocycles. The number of rotatable bonds is 6. The highest BCUT2D eigenvalue weighted by molar-refractivity contribution is 5.76. The monoisotopic (exact) mass is 357 g/mol. The van der Waals surface area contributed by atoms with E-state index in [0.29, 0.717) is 13.1 Å². The molecule has 0 radical (unpaired) electrons. The Morgan fingerprint density at radius 2 is 1.50 bits per heavy atom. The highest BCUT2D eigenvalue weighted by Crippen LogP contribution is 2.33. The van der Waals surface area contributed by atoms with Gasteiger partial charge in [0.05, 0.1) is 7.05 Å². The van der Waals surface area contributed by atoms with E-state index in [-0.39, 0.29) is 19.5 Å². The largest absolute Gasteiger partial charge is 0.454 e. The first-order valence-corrected chi connectivity index (χ1v) is 8.52. The van der Waals surface area contributed by atoms with Crippen molar-refractivity contribution in [2.45, 2.75) is 13.1 Å². The van der Waals surface area contributed by atoms with Gasteiger partial charge in [-0.15, -0.1) is 0 Å². The highest BCUT2D eigenvalue weighted by Gasteiger charge is 2.17. The van der Waals surface area contributed by atoms with Crippen LogP contribution in [0, 0.1) is 0 Å². The van der Waals surface area contributed by atoms with Crippen molar-refractivity contribution in [3.05, 3.63) is 47.5 Å². The van der Waals surface area contributed by atoms with Crippen LogP contribution in [0.4, 0.5) is 0 Å². The number of hydrogen-bond acceptors (Lipinski definition) is 5. The standard InChI is InChI=1S/C19H20N2O5/c1-21(9-14-3-5-16-18(7-14)26-12-24-16)10-19(22)20-8-13-2-4-15-17(6-13)25-11-23-15/h2-7H,8-12H2,1H3,(H,20,22)/p+1. The number of ether oxygens (including phenoxy) is 4.